The molecule has 3 heteroatoms. The third kappa shape index (κ3) is 2.68. The fourth-order valence-electron chi connectivity index (χ4n) is 2.39. The molecule has 1 saturated carbocycles. The van der Waals surface area contributed by atoms with Crippen LogP contribution in [0.4, 0.5) is 0 Å². The van der Waals surface area contributed by atoms with Gasteiger partial charge in [0.05, 0.1) is 0 Å². The van der Waals surface area contributed by atoms with E-state index in [0.29, 0.717) is 10.9 Å². The van der Waals surface area contributed by atoms with E-state index in [1.807, 2.05) is 24.3 Å². The standard InChI is InChI=1S/C16H12Cl2O/c17-12-5-1-10(2-6-12)14-9-15(14)16(19)11-3-7-13(18)8-4-11/h1-8,14-15H,9H2. The van der Waals surface area contributed by atoms with Crippen LogP contribution in [0.2, 0.25) is 10.0 Å². The monoisotopic (exact) mass is 290 g/mol. The molecule has 0 N–H and O–H groups in total. The highest BCUT2D eigenvalue weighted by molar-refractivity contribution is 6.30. The molecular formula is C16H12Cl2O. The van der Waals surface area contributed by atoms with Crippen LogP contribution in [-0.4, -0.2) is 5.78 Å². The number of benzene rings is 2. The molecule has 1 nitrogen and oxygen atoms in total. The summed E-state index contributed by atoms with van der Waals surface area (Å²) in [7, 11) is 0. The first-order valence-electron chi connectivity index (χ1n) is 6.20. The fraction of sp³-hybridized carbons (Fsp3) is 0.188. The number of ketones is 1. The van der Waals surface area contributed by atoms with Crippen LogP contribution in [-0.2, 0) is 0 Å². The second-order valence-electron chi connectivity index (χ2n) is 4.87. The van der Waals surface area contributed by atoms with Gasteiger partial charge in [-0.05, 0) is 54.3 Å². The van der Waals surface area contributed by atoms with Crippen molar-refractivity contribution in [3.8, 4) is 0 Å². The third-order valence-corrected chi connectivity index (χ3v) is 4.06. The Morgan fingerprint density at radius 2 is 1.42 bits per heavy atom. The molecule has 0 aromatic heterocycles. The number of hydrogen-bond acceptors (Lipinski definition) is 1. The highest BCUT2D eigenvalue weighted by Crippen LogP contribution is 2.49. The maximum absolute atomic E-state index is 12.3. The van der Waals surface area contributed by atoms with Gasteiger partial charge in [-0.1, -0.05) is 35.3 Å². The lowest BCUT2D eigenvalue weighted by molar-refractivity contribution is 0.0965. The quantitative estimate of drug-likeness (QED) is 0.729. The lowest BCUT2D eigenvalue weighted by atomic mass is 10.0. The van der Waals surface area contributed by atoms with E-state index in [-0.39, 0.29) is 11.7 Å². The Kier molecular flexibility index (Phi) is 3.34. The first-order chi connectivity index (χ1) is 9.15. The lowest BCUT2D eigenvalue weighted by Gasteiger charge is -2.02. The van der Waals surface area contributed by atoms with Crippen LogP contribution in [0.5, 0.6) is 0 Å². The number of carbonyl (C=O) groups is 1. The molecule has 1 aliphatic rings. The van der Waals surface area contributed by atoms with E-state index in [0.717, 1.165) is 17.0 Å². The summed E-state index contributed by atoms with van der Waals surface area (Å²) in [5.74, 6) is 0.638. The Morgan fingerprint density at radius 1 is 0.895 bits per heavy atom. The smallest absolute Gasteiger partial charge is 0.166 e. The third-order valence-electron chi connectivity index (χ3n) is 3.55. The Bertz CT molecular complexity index is 602. The fourth-order valence-corrected chi connectivity index (χ4v) is 2.64. The van der Waals surface area contributed by atoms with E-state index in [4.69, 9.17) is 23.2 Å². The van der Waals surface area contributed by atoms with Gasteiger partial charge in [-0.2, -0.15) is 0 Å². The van der Waals surface area contributed by atoms with Gasteiger partial charge in [0.2, 0.25) is 0 Å². The van der Waals surface area contributed by atoms with Crippen LogP contribution in [0.1, 0.15) is 28.3 Å². The summed E-state index contributed by atoms with van der Waals surface area (Å²) in [4.78, 5) is 12.3. The maximum Gasteiger partial charge on any atom is 0.166 e. The van der Waals surface area contributed by atoms with Gasteiger partial charge < -0.3 is 0 Å². The summed E-state index contributed by atoms with van der Waals surface area (Å²) >= 11 is 11.7. The zero-order valence-corrected chi connectivity index (χ0v) is 11.7. The van der Waals surface area contributed by atoms with Gasteiger partial charge in [0.15, 0.2) is 5.78 Å². The summed E-state index contributed by atoms with van der Waals surface area (Å²) in [5, 5.41) is 1.38. The first kappa shape index (κ1) is 12.7. The van der Waals surface area contributed by atoms with E-state index in [2.05, 4.69) is 0 Å². The number of Topliss-reactive ketones (excluding diaryl/α,β-unsaturated/α-hetero) is 1. The SMILES string of the molecule is O=C(c1ccc(Cl)cc1)C1CC1c1ccc(Cl)cc1. The van der Waals surface area contributed by atoms with Crippen LogP contribution in [0.3, 0.4) is 0 Å². The molecule has 2 unspecified atom stereocenters. The van der Waals surface area contributed by atoms with Crippen molar-refractivity contribution in [3.63, 3.8) is 0 Å². The van der Waals surface area contributed by atoms with Gasteiger partial charge in [-0.15, -0.1) is 0 Å². The van der Waals surface area contributed by atoms with Crippen molar-refractivity contribution >= 4 is 29.0 Å². The Balaban J connectivity index is 1.74. The minimum atomic E-state index is 0.0994. The molecule has 2 aromatic carbocycles. The molecule has 1 fully saturated rings. The summed E-state index contributed by atoms with van der Waals surface area (Å²) < 4.78 is 0. The molecule has 2 atom stereocenters. The first-order valence-corrected chi connectivity index (χ1v) is 6.96. The predicted octanol–water partition coefficient (Wildman–Crippen LogP) is 4.98. The molecule has 0 saturated heterocycles. The van der Waals surface area contributed by atoms with E-state index < -0.39 is 0 Å². The van der Waals surface area contributed by atoms with Gasteiger partial charge in [0, 0.05) is 21.5 Å². The minimum Gasteiger partial charge on any atom is -0.294 e. The molecular weight excluding hydrogens is 279 g/mol. The average Bonchev–Trinajstić information content (AvgIpc) is 3.20. The summed E-state index contributed by atoms with van der Waals surface area (Å²) in [6.07, 6.45) is 0.920. The van der Waals surface area contributed by atoms with E-state index in [9.17, 15) is 4.79 Å². The van der Waals surface area contributed by atoms with Crippen molar-refractivity contribution in [1.29, 1.82) is 0 Å². The van der Waals surface area contributed by atoms with Gasteiger partial charge >= 0.3 is 0 Å². The van der Waals surface area contributed by atoms with Gasteiger partial charge in [0.1, 0.15) is 0 Å². The van der Waals surface area contributed by atoms with E-state index in [1.54, 1.807) is 24.3 Å². The zero-order chi connectivity index (χ0) is 13.4. The largest absolute Gasteiger partial charge is 0.294 e. The topological polar surface area (TPSA) is 17.1 Å². The predicted molar refractivity (Wildman–Crippen MR) is 78.1 cm³/mol. The van der Waals surface area contributed by atoms with Crippen LogP contribution >= 0.6 is 23.2 Å². The summed E-state index contributed by atoms with van der Waals surface area (Å²) in [6.45, 7) is 0. The van der Waals surface area contributed by atoms with Gasteiger partial charge in [0.25, 0.3) is 0 Å². The normalized spacial score (nSPS) is 21.2. The van der Waals surface area contributed by atoms with E-state index >= 15 is 0 Å². The molecule has 0 bridgehead atoms. The van der Waals surface area contributed by atoms with Crippen LogP contribution in [0.25, 0.3) is 0 Å². The summed E-state index contributed by atoms with van der Waals surface area (Å²) in [5.41, 5.74) is 1.93. The van der Waals surface area contributed by atoms with Crippen LogP contribution in [0.15, 0.2) is 48.5 Å². The highest BCUT2D eigenvalue weighted by atomic mass is 35.5. The minimum absolute atomic E-state index is 0.0994. The highest BCUT2D eigenvalue weighted by Gasteiger charge is 2.43. The molecule has 0 aliphatic heterocycles. The van der Waals surface area contributed by atoms with Crippen molar-refractivity contribution in [2.75, 3.05) is 0 Å². The Hall–Kier alpha value is -1.31. The lowest BCUT2D eigenvalue weighted by Crippen LogP contribution is -2.02. The Morgan fingerprint density at radius 3 is 2.00 bits per heavy atom. The maximum atomic E-state index is 12.3. The van der Waals surface area contributed by atoms with Crippen molar-refractivity contribution < 1.29 is 4.79 Å². The zero-order valence-electron chi connectivity index (χ0n) is 10.1. The average molecular weight is 291 g/mol. The molecule has 2 aromatic rings. The Labute approximate surface area is 122 Å². The molecule has 19 heavy (non-hydrogen) atoms. The van der Waals surface area contributed by atoms with Gasteiger partial charge in [-0.3, -0.25) is 4.79 Å². The summed E-state index contributed by atoms with van der Waals surface area (Å²) in [6, 6.07) is 14.9. The molecule has 0 spiro atoms. The van der Waals surface area contributed by atoms with Crippen molar-refractivity contribution in [2.24, 2.45) is 5.92 Å². The van der Waals surface area contributed by atoms with Crippen LogP contribution in [0, 0.1) is 5.92 Å². The van der Waals surface area contributed by atoms with Crippen molar-refractivity contribution in [1.82, 2.24) is 0 Å². The van der Waals surface area contributed by atoms with Crippen molar-refractivity contribution in [2.45, 2.75) is 12.3 Å². The van der Waals surface area contributed by atoms with E-state index in [1.165, 1.54) is 5.56 Å². The molecule has 0 heterocycles. The number of carbonyl (C=O) groups excluding carboxylic acids is 1. The number of hydrogen-bond donors (Lipinski definition) is 0. The molecule has 0 amide bonds. The molecule has 3 rings (SSSR count). The van der Waals surface area contributed by atoms with Crippen LogP contribution < -0.4 is 0 Å². The number of rotatable bonds is 3. The second kappa shape index (κ2) is 4.99. The molecule has 0 radical (unpaired) electrons. The molecule has 1 aliphatic carbocycles. The molecule has 96 valence electrons. The van der Waals surface area contributed by atoms with Gasteiger partial charge in [-0.25, -0.2) is 0 Å². The number of halogens is 2. The second-order valence-corrected chi connectivity index (χ2v) is 5.74. The van der Waals surface area contributed by atoms with Crippen molar-refractivity contribution in [3.05, 3.63) is 69.7 Å².